The van der Waals surface area contributed by atoms with Crippen LogP contribution in [-0.4, -0.2) is 38.8 Å². The van der Waals surface area contributed by atoms with Crippen molar-refractivity contribution in [1.82, 2.24) is 20.2 Å². The summed E-state index contributed by atoms with van der Waals surface area (Å²) in [6.07, 6.45) is -0.668. The fourth-order valence-electron chi connectivity index (χ4n) is 2.91. The van der Waals surface area contributed by atoms with Crippen LogP contribution in [0.4, 0.5) is 0 Å². The van der Waals surface area contributed by atoms with Crippen LogP contribution in [0.25, 0.3) is 32.3 Å². The molecule has 152 valence electrons. The van der Waals surface area contributed by atoms with E-state index in [1.54, 1.807) is 26.0 Å². The van der Waals surface area contributed by atoms with E-state index in [0.29, 0.717) is 12.4 Å². The molecule has 0 saturated carbocycles. The molecule has 0 aliphatic rings. The average molecular weight is 420 g/mol. The largest absolute Gasteiger partial charge is 0.479 e. The van der Waals surface area contributed by atoms with Gasteiger partial charge in [-0.15, -0.1) is 10.2 Å². The second-order valence-electron chi connectivity index (χ2n) is 6.60. The number of carbonyl (C=O) groups is 1. The highest BCUT2D eigenvalue weighted by Crippen LogP contribution is 2.31. The van der Waals surface area contributed by atoms with E-state index in [-0.39, 0.29) is 5.97 Å². The summed E-state index contributed by atoms with van der Waals surface area (Å²) in [4.78, 5) is 21.0. The van der Waals surface area contributed by atoms with Gasteiger partial charge >= 0.3 is 5.97 Å². The number of carbonyl (C=O) groups excluding carboxylic acids is 1. The molecule has 0 spiro atoms. The molecule has 7 nitrogen and oxygen atoms in total. The highest BCUT2D eigenvalue weighted by atomic mass is 32.1. The molecule has 30 heavy (non-hydrogen) atoms. The fourth-order valence-corrected chi connectivity index (χ4v) is 3.80. The molecule has 2 heterocycles. The first-order chi connectivity index (χ1) is 14.5. The Kier molecular flexibility index (Phi) is 5.67. The van der Waals surface area contributed by atoms with E-state index >= 15 is 0 Å². The molecule has 2 aromatic heterocycles. The number of aryl methyl sites for hydroxylation is 1. The second-order valence-corrected chi connectivity index (χ2v) is 7.57. The lowest BCUT2D eigenvalue weighted by molar-refractivity contribution is -0.150. The van der Waals surface area contributed by atoms with Crippen molar-refractivity contribution in [2.75, 3.05) is 6.61 Å². The summed E-state index contributed by atoms with van der Waals surface area (Å²) >= 11 is 1.45. The predicted octanol–water partition coefficient (Wildman–Crippen LogP) is 4.45. The summed E-state index contributed by atoms with van der Waals surface area (Å²) in [5.41, 5.74) is 4.14. The fraction of sp³-hybridized carbons (Fsp3) is 0.227. The third-order valence-electron chi connectivity index (χ3n) is 4.41. The van der Waals surface area contributed by atoms with Crippen molar-refractivity contribution < 1.29 is 14.3 Å². The van der Waals surface area contributed by atoms with Crippen molar-refractivity contribution in [2.24, 2.45) is 0 Å². The lowest BCUT2D eigenvalue weighted by Crippen LogP contribution is -2.25. The zero-order valence-electron chi connectivity index (χ0n) is 16.8. The van der Waals surface area contributed by atoms with Crippen LogP contribution in [0, 0.1) is 6.92 Å². The maximum atomic E-state index is 11.7. The topological polar surface area (TPSA) is 87.1 Å². The first-order valence-electron chi connectivity index (χ1n) is 9.56. The second kappa shape index (κ2) is 8.54. The number of hydrogen-bond donors (Lipinski definition) is 0. The number of nitrogens with zero attached hydrogens (tertiary/aromatic N) is 4. The molecule has 0 saturated heterocycles. The molecular formula is C22H20N4O3S. The van der Waals surface area contributed by atoms with Gasteiger partial charge in [0, 0.05) is 5.56 Å². The average Bonchev–Trinajstić information content (AvgIpc) is 3.24. The molecule has 1 atom stereocenters. The van der Waals surface area contributed by atoms with E-state index in [0.717, 1.165) is 38.0 Å². The number of esters is 1. The number of para-hydroxylation sites is 2. The number of aromatic nitrogens is 4. The molecule has 0 fully saturated rings. The van der Waals surface area contributed by atoms with Crippen molar-refractivity contribution in [2.45, 2.75) is 26.9 Å². The van der Waals surface area contributed by atoms with Gasteiger partial charge in [-0.2, -0.15) is 0 Å². The van der Waals surface area contributed by atoms with Crippen LogP contribution in [0.5, 0.6) is 5.75 Å². The minimum atomic E-state index is -0.668. The zero-order chi connectivity index (χ0) is 21.1. The summed E-state index contributed by atoms with van der Waals surface area (Å²) < 4.78 is 10.6. The molecule has 0 N–H and O–H groups in total. The van der Waals surface area contributed by atoms with Crippen molar-refractivity contribution in [3.05, 3.63) is 54.2 Å². The predicted molar refractivity (Wildman–Crippen MR) is 115 cm³/mol. The lowest BCUT2D eigenvalue weighted by Gasteiger charge is -2.13. The van der Waals surface area contributed by atoms with Gasteiger partial charge in [-0.25, -0.2) is 14.8 Å². The smallest absolute Gasteiger partial charge is 0.347 e. The molecule has 0 amide bonds. The number of fused-ring (bicyclic) bond motifs is 1. The highest BCUT2D eigenvalue weighted by Gasteiger charge is 2.17. The minimum Gasteiger partial charge on any atom is -0.479 e. The van der Waals surface area contributed by atoms with Crippen molar-refractivity contribution in [1.29, 1.82) is 0 Å². The van der Waals surface area contributed by atoms with Gasteiger partial charge < -0.3 is 9.47 Å². The third-order valence-corrected chi connectivity index (χ3v) is 5.38. The Morgan fingerprint density at radius 1 is 1.00 bits per heavy atom. The molecule has 0 bridgehead atoms. The molecule has 2 aromatic carbocycles. The Bertz CT molecular complexity index is 1190. The van der Waals surface area contributed by atoms with Crippen molar-refractivity contribution in [3.63, 3.8) is 0 Å². The summed E-state index contributed by atoms with van der Waals surface area (Å²) in [6.45, 7) is 5.68. The van der Waals surface area contributed by atoms with Gasteiger partial charge in [0.25, 0.3) is 0 Å². The normalized spacial score (nSPS) is 12.0. The maximum Gasteiger partial charge on any atom is 0.347 e. The quantitative estimate of drug-likeness (QED) is 0.426. The van der Waals surface area contributed by atoms with E-state index in [1.165, 1.54) is 11.3 Å². The monoisotopic (exact) mass is 420 g/mol. The van der Waals surface area contributed by atoms with E-state index in [2.05, 4.69) is 15.2 Å². The van der Waals surface area contributed by atoms with Gasteiger partial charge in [0.15, 0.2) is 11.1 Å². The number of ether oxygens (including phenoxy) is 2. The van der Waals surface area contributed by atoms with Crippen LogP contribution in [0.1, 0.15) is 19.5 Å². The lowest BCUT2D eigenvalue weighted by atomic mass is 10.2. The standard InChI is InChI=1S/C22H20N4O3S/c1-4-28-22(27)14(3)29-16-11-9-15(10-12-16)20-25-26-21(30-20)19-13(2)23-17-7-5-6-8-18(17)24-19/h5-12,14H,4H2,1-3H3/t14-/m1/s1. The molecule has 0 aliphatic carbocycles. The Hall–Kier alpha value is -3.39. The zero-order valence-corrected chi connectivity index (χ0v) is 17.6. The van der Waals surface area contributed by atoms with E-state index < -0.39 is 6.10 Å². The van der Waals surface area contributed by atoms with Gasteiger partial charge in [-0.1, -0.05) is 23.5 Å². The summed E-state index contributed by atoms with van der Waals surface area (Å²) in [5.74, 6) is 0.197. The maximum absolute atomic E-state index is 11.7. The Labute approximate surface area is 177 Å². The Balaban J connectivity index is 1.54. The molecule has 8 heteroatoms. The number of rotatable bonds is 6. The van der Waals surface area contributed by atoms with Gasteiger partial charge in [-0.05, 0) is 57.2 Å². The van der Waals surface area contributed by atoms with E-state index in [1.807, 2.05) is 43.3 Å². The van der Waals surface area contributed by atoms with Gasteiger partial charge in [-0.3, -0.25) is 0 Å². The van der Waals surface area contributed by atoms with Crippen LogP contribution in [-0.2, 0) is 9.53 Å². The third kappa shape index (κ3) is 4.13. The van der Waals surface area contributed by atoms with Crippen LogP contribution in [0.3, 0.4) is 0 Å². The van der Waals surface area contributed by atoms with Crippen LogP contribution in [0.15, 0.2) is 48.5 Å². The molecule has 4 aromatic rings. The molecule has 4 rings (SSSR count). The summed E-state index contributed by atoms with van der Waals surface area (Å²) in [6, 6.07) is 15.1. The summed E-state index contributed by atoms with van der Waals surface area (Å²) in [7, 11) is 0. The van der Waals surface area contributed by atoms with Gasteiger partial charge in [0.1, 0.15) is 16.5 Å². The molecule has 0 aliphatic heterocycles. The first-order valence-corrected chi connectivity index (χ1v) is 10.4. The van der Waals surface area contributed by atoms with Crippen molar-refractivity contribution >= 4 is 28.3 Å². The summed E-state index contributed by atoms with van der Waals surface area (Å²) in [5, 5.41) is 10.1. The minimum absolute atomic E-state index is 0.325. The number of benzene rings is 2. The number of hydrogen-bond acceptors (Lipinski definition) is 8. The van der Waals surface area contributed by atoms with Gasteiger partial charge in [0.05, 0.1) is 23.3 Å². The SMILES string of the molecule is CCOC(=O)[C@@H](C)Oc1ccc(-c2nnc(-c3nc4ccccc4nc3C)s2)cc1. The first kappa shape index (κ1) is 19.9. The highest BCUT2D eigenvalue weighted by molar-refractivity contribution is 7.17. The molecule has 0 unspecified atom stereocenters. The van der Waals surface area contributed by atoms with E-state index in [9.17, 15) is 4.79 Å². The molecule has 0 radical (unpaired) electrons. The Morgan fingerprint density at radius 2 is 1.67 bits per heavy atom. The molecular weight excluding hydrogens is 400 g/mol. The van der Waals surface area contributed by atoms with Crippen molar-refractivity contribution in [3.8, 4) is 27.0 Å². The van der Waals surface area contributed by atoms with Crippen LogP contribution in [0.2, 0.25) is 0 Å². The Morgan fingerprint density at radius 3 is 2.37 bits per heavy atom. The van der Waals surface area contributed by atoms with Gasteiger partial charge in [0.2, 0.25) is 0 Å². The van der Waals surface area contributed by atoms with Crippen LogP contribution >= 0.6 is 11.3 Å². The van der Waals surface area contributed by atoms with Crippen LogP contribution < -0.4 is 4.74 Å². The van der Waals surface area contributed by atoms with E-state index in [4.69, 9.17) is 14.5 Å².